The first-order valence-electron chi connectivity index (χ1n) is 6.42. The molecule has 0 unspecified atom stereocenters. The van der Waals surface area contributed by atoms with Crippen LogP contribution in [-0.4, -0.2) is 30.9 Å². The third-order valence-corrected chi connectivity index (χ3v) is 4.34. The molecule has 0 saturated heterocycles. The van der Waals surface area contributed by atoms with Gasteiger partial charge in [0.05, 0.1) is 18.7 Å². The largest absolute Gasteiger partial charge is 0.463 e. The highest BCUT2D eigenvalue weighted by Gasteiger charge is 2.23. The summed E-state index contributed by atoms with van der Waals surface area (Å²) in [4.78, 5) is 24.4. The summed E-state index contributed by atoms with van der Waals surface area (Å²) in [7, 11) is 0. The zero-order valence-corrected chi connectivity index (χ0v) is 13.8. The van der Waals surface area contributed by atoms with Crippen LogP contribution in [0.25, 0.3) is 0 Å². The molecule has 2 rings (SSSR count). The van der Waals surface area contributed by atoms with E-state index in [0.29, 0.717) is 23.6 Å². The molecular weight excluding hydrogens is 356 g/mol. The van der Waals surface area contributed by atoms with Crippen molar-refractivity contribution < 1.29 is 14.3 Å². The van der Waals surface area contributed by atoms with E-state index in [1.54, 1.807) is 18.7 Å². The lowest BCUT2D eigenvalue weighted by Gasteiger charge is -2.21. The molecule has 0 aromatic heterocycles. The highest BCUT2D eigenvalue weighted by atomic mass is 79.9. The number of rotatable bonds is 5. The third-order valence-electron chi connectivity index (χ3n) is 2.77. The maximum absolute atomic E-state index is 11.9. The van der Waals surface area contributed by atoms with Gasteiger partial charge in [-0.2, -0.15) is 0 Å². The number of halogens is 1. The summed E-state index contributed by atoms with van der Waals surface area (Å²) in [5.41, 5.74) is 1.08. The van der Waals surface area contributed by atoms with E-state index in [4.69, 9.17) is 4.74 Å². The van der Waals surface area contributed by atoms with Crippen molar-refractivity contribution in [2.24, 2.45) is 0 Å². The molecule has 0 radical (unpaired) electrons. The number of benzene rings is 1. The van der Waals surface area contributed by atoms with Gasteiger partial charge < -0.3 is 15.4 Å². The second-order valence-electron chi connectivity index (χ2n) is 4.23. The van der Waals surface area contributed by atoms with E-state index in [9.17, 15) is 9.59 Å². The maximum Gasteiger partial charge on any atom is 0.337 e. The van der Waals surface area contributed by atoms with Crippen LogP contribution in [0.15, 0.2) is 44.9 Å². The SMILES string of the molecule is CCOC(=O)C1=C(CSc2ccc(Br)cc2)NC(=O)NC1. The van der Waals surface area contributed by atoms with Crippen LogP contribution in [0.1, 0.15) is 6.92 Å². The minimum absolute atomic E-state index is 0.195. The molecule has 2 amide bonds. The van der Waals surface area contributed by atoms with Crippen LogP contribution in [0.3, 0.4) is 0 Å². The van der Waals surface area contributed by atoms with Gasteiger partial charge in [0.25, 0.3) is 0 Å². The van der Waals surface area contributed by atoms with Crippen LogP contribution in [0, 0.1) is 0 Å². The van der Waals surface area contributed by atoms with Crippen molar-refractivity contribution in [1.29, 1.82) is 0 Å². The molecule has 0 saturated carbocycles. The minimum Gasteiger partial charge on any atom is -0.463 e. The van der Waals surface area contributed by atoms with Crippen LogP contribution in [-0.2, 0) is 9.53 Å². The minimum atomic E-state index is -0.392. The Balaban J connectivity index is 2.10. The molecule has 112 valence electrons. The standard InChI is InChI=1S/C14H15BrN2O3S/c1-2-20-13(18)11-7-16-14(19)17-12(11)8-21-10-5-3-9(15)4-6-10/h3-6H,2,7-8H2,1H3,(H2,16,17,19). The summed E-state index contributed by atoms with van der Waals surface area (Å²) < 4.78 is 6.02. The quantitative estimate of drug-likeness (QED) is 0.617. The second kappa shape index (κ2) is 7.51. The molecule has 1 aliphatic rings. The van der Waals surface area contributed by atoms with E-state index in [-0.39, 0.29) is 12.6 Å². The van der Waals surface area contributed by atoms with Crippen molar-refractivity contribution in [3.05, 3.63) is 40.0 Å². The molecule has 1 heterocycles. The number of nitrogens with one attached hydrogen (secondary N) is 2. The van der Waals surface area contributed by atoms with Gasteiger partial charge in [0, 0.05) is 20.8 Å². The fraction of sp³-hybridized carbons (Fsp3) is 0.286. The Hall–Kier alpha value is -1.47. The molecule has 1 aliphatic heterocycles. The lowest BCUT2D eigenvalue weighted by atomic mass is 10.2. The van der Waals surface area contributed by atoms with Crippen molar-refractivity contribution in [1.82, 2.24) is 10.6 Å². The molecule has 5 nitrogen and oxygen atoms in total. The molecule has 21 heavy (non-hydrogen) atoms. The summed E-state index contributed by atoms with van der Waals surface area (Å²) in [6.45, 7) is 2.26. The van der Waals surface area contributed by atoms with E-state index in [0.717, 1.165) is 9.37 Å². The summed E-state index contributed by atoms with van der Waals surface area (Å²) in [6.07, 6.45) is 0. The number of ether oxygens (including phenoxy) is 1. The Morgan fingerprint density at radius 1 is 1.38 bits per heavy atom. The van der Waals surface area contributed by atoms with E-state index >= 15 is 0 Å². The number of amides is 2. The number of esters is 1. The van der Waals surface area contributed by atoms with E-state index in [2.05, 4.69) is 26.6 Å². The van der Waals surface area contributed by atoms with Crippen LogP contribution in [0.5, 0.6) is 0 Å². The smallest absolute Gasteiger partial charge is 0.337 e. The third kappa shape index (κ3) is 4.50. The number of carbonyl (C=O) groups is 2. The highest BCUT2D eigenvalue weighted by molar-refractivity contribution is 9.10. The number of urea groups is 1. The first-order valence-corrected chi connectivity index (χ1v) is 8.20. The predicted molar refractivity (Wildman–Crippen MR) is 85.1 cm³/mol. The number of hydrogen-bond donors (Lipinski definition) is 2. The van der Waals surface area contributed by atoms with Gasteiger partial charge in [-0.3, -0.25) is 0 Å². The molecule has 1 aromatic rings. The first-order chi connectivity index (χ1) is 10.1. The lowest BCUT2D eigenvalue weighted by Crippen LogP contribution is -2.44. The Morgan fingerprint density at radius 3 is 2.76 bits per heavy atom. The lowest BCUT2D eigenvalue weighted by molar-refractivity contribution is -0.138. The molecule has 0 atom stereocenters. The number of carbonyl (C=O) groups excluding carboxylic acids is 2. The van der Waals surface area contributed by atoms with Crippen molar-refractivity contribution in [2.75, 3.05) is 18.9 Å². The van der Waals surface area contributed by atoms with Gasteiger partial charge in [-0.15, -0.1) is 11.8 Å². The van der Waals surface area contributed by atoms with Gasteiger partial charge in [-0.1, -0.05) is 15.9 Å². The van der Waals surface area contributed by atoms with Crippen molar-refractivity contribution in [3.63, 3.8) is 0 Å². The van der Waals surface area contributed by atoms with Gasteiger partial charge in [-0.05, 0) is 31.2 Å². The second-order valence-corrected chi connectivity index (χ2v) is 6.19. The predicted octanol–water partition coefficient (Wildman–Crippen LogP) is 2.67. The molecule has 2 N–H and O–H groups in total. The normalized spacial score (nSPS) is 14.5. The summed E-state index contributed by atoms with van der Waals surface area (Å²) in [5.74, 6) is 0.111. The average molecular weight is 371 g/mol. The fourth-order valence-corrected chi connectivity index (χ4v) is 2.91. The Labute approximate surface area is 135 Å². The summed E-state index contributed by atoms with van der Waals surface area (Å²) in [5, 5.41) is 5.27. The molecule has 0 aliphatic carbocycles. The van der Waals surface area contributed by atoms with E-state index in [1.807, 2.05) is 24.3 Å². The van der Waals surface area contributed by atoms with Gasteiger partial charge in [0.15, 0.2) is 0 Å². The van der Waals surface area contributed by atoms with Crippen LogP contribution in [0.2, 0.25) is 0 Å². The van der Waals surface area contributed by atoms with Crippen LogP contribution < -0.4 is 10.6 Å². The monoisotopic (exact) mass is 370 g/mol. The first kappa shape index (κ1) is 15.9. The van der Waals surface area contributed by atoms with E-state index < -0.39 is 5.97 Å². The highest BCUT2D eigenvalue weighted by Crippen LogP contribution is 2.23. The Bertz CT molecular complexity index is 572. The molecule has 7 heteroatoms. The summed E-state index contributed by atoms with van der Waals surface area (Å²) >= 11 is 4.93. The Kier molecular flexibility index (Phi) is 5.69. The van der Waals surface area contributed by atoms with Crippen LogP contribution in [0.4, 0.5) is 4.79 Å². The van der Waals surface area contributed by atoms with Gasteiger partial charge in [-0.25, -0.2) is 9.59 Å². The molecular formula is C14H15BrN2O3S. The summed E-state index contributed by atoms with van der Waals surface area (Å²) in [6, 6.07) is 7.55. The van der Waals surface area contributed by atoms with Crippen LogP contribution >= 0.6 is 27.7 Å². The molecule has 0 bridgehead atoms. The topological polar surface area (TPSA) is 67.4 Å². The van der Waals surface area contributed by atoms with E-state index in [1.165, 1.54) is 0 Å². The maximum atomic E-state index is 11.9. The number of thioether (sulfide) groups is 1. The fourth-order valence-electron chi connectivity index (χ4n) is 1.76. The Morgan fingerprint density at radius 2 is 2.10 bits per heavy atom. The molecule has 1 aromatic carbocycles. The number of hydrogen-bond acceptors (Lipinski definition) is 4. The van der Waals surface area contributed by atoms with Crippen molar-refractivity contribution in [3.8, 4) is 0 Å². The van der Waals surface area contributed by atoms with Crippen molar-refractivity contribution in [2.45, 2.75) is 11.8 Å². The van der Waals surface area contributed by atoms with Crippen molar-refractivity contribution >= 4 is 39.7 Å². The molecule has 0 spiro atoms. The zero-order chi connectivity index (χ0) is 15.2. The average Bonchev–Trinajstić information content (AvgIpc) is 2.47. The van der Waals surface area contributed by atoms with Gasteiger partial charge >= 0.3 is 12.0 Å². The van der Waals surface area contributed by atoms with Gasteiger partial charge in [0.1, 0.15) is 0 Å². The zero-order valence-electron chi connectivity index (χ0n) is 11.4. The molecule has 0 fully saturated rings. The van der Waals surface area contributed by atoms with Gasteiger partial charge in [0.2, 0.25) is 0 Å².